The number of rotatable bonds is 7. The molecule has 1 heterocycles. The number of carbonyl (C=O) groups is 3. The van der Waals surface area contributed by atoms with E-state index >= 15 is 0 Å². The predicted molar refractivity (Wildman–Crippen MR) is 165 cm³/mol. The van der Waals surface area contributed by atoms with Gasteiger partial charge in [0.1, 0.15) is 21.5 Å². The first-order valence-corrected chi connectivity index (χ1v) is 15.1. The zero-order valence-corrected chi connectivity index (χ0v) is 24.8. The summed E-state index contributed by atoms with van der Waals surface area (Å²) >= 11 is 15.2. The van der Waals surface area contributed by atoms with Gasteiger partial charge in [0, 0.05) is 12.1 Å². The molecule has 3 atom stereocenters. The minimum atomic E-state index is -1.32. The van der Waals surface area contributed by atoms with Crippen molar-refractivity contribution in [3.63, 3.8) is 0 Å². The average molecular weight is 612 g/mol. The molecule has 6 nitrogen and oxygen atoms in total. The summed E-state index contributed by atoms with van der Waals surface area (Å²) in [4.78, 5) is 41.7. The standard InChI is InChI=1S/C35H28Cl2N2O4/c1-2-43-23-18-16-22(17-19-23)38-31(40)28(20-21-10-4-3-5-11-21)39-32(41)29-30(33(39)42)35(37)25-13-7-6-12-24(25)34(29,36)26-14-8-9-15-27(26)35/h3-19,28-30H,2,20H2,1H3,(H,38,40)/t28-,29+,30+,34?,35?/m0/s1. The van der Waals surface area contributed by atoms with E-state index in [1.165, 1.54) is 0 Å². The smallest absolute Gasteiger partial charge is 0.248 e. The molecule has 1 fully saturated rings. The van der Waals surface area contributed by atoms with E-state index in [1.807, 2.05) is 85.8 Å². The maximum absolute atomic E-state index is 14.6. The first kappa shape index (κ1) is 27.7. The quantitative estimate of drug-likeness (QED) is 0.199. The van der Waals surface area contributed by atoms with E-state index < -0.39 is 45.3 Å². The van der Waals surface area contributed by atoms with Crippen molar-refractivity contribution in [2.24, 2.45) is 11.8 Å². The highest BCUT2D eigenvalue weighted by Gasteiger charge is 2.73. The van der Waals surface area contributed by atoms with Gasteiger partial charge in [-0.15, -0.1) is 23.2 Å². The summed E-state index contributed by atoms with van der Waals surface area (Å²) in [7, 11) is 0. The number of hydrogen-bond donors (Lipinski definition) is 1. The normalized spacial score (nSPS) is 25.5. The van der Waals surface area contributed by atoms with Crippen molar-refractivity contribution in [2.75, 3.05) is 11.9 Å². The van der Waals surface area contributed by atoms with Crippen molar-refractivity contribution in [1.82, 2.24) is 4.90 Å². The van der Waals surface area contributed by atoms with E-state index in [-0.39, 0.29) is 6.42 Å². The largest absolute Gasteiger partial charge is 0.494 e. The summed E-state index contributed by atoms with van der Waals surface area (Å²) in [6.07, 6.45) is 0.130. The molecule has 3 aliphatic carbocycles. The average Bonchev–Trinajstić information content (AvgIpc) is 3.30. The molecule has 0 radical (unpaired) electrons. The third-order valence-corrected chi connectivity index (χ3v) is 10.2. The lowest BCUT2D eigenvalue weighted by molar-refractivity contribution is -0.146. The molecular weight excluding hydrogens is 583 g/mol. The molecule has 4 aromatic rings. The molecule has 1 N–H and O–H groups in total. The summed E-state index contributed by atoms with van der Waals surface area (Å²) in [6.45, 7) is 2.41. The fourth-order valence-corrected chi connectivity index (χ4v) is 8.26. The van der Waals surface area contributed by atoms with Gasteiger partial charge in [0.25, 0.3) is 0 Å². The van der Waals surface area contributed by atoms with Crippen molar-refractivity contribution >= 4 is 46.6 Å². The molecule has 1 aliphatic heterocycles. The number of likely N-dealkylation sites (tertiary alicyclic amines) is 1. The molecule has 4 aliphatic rings. The lowest BCUT2D eigenvalue weighted by atomic mass is 9.54. The first-order chi connectivity index (χ1) is 20.8. The number of nitrogens with zero attached hydrogens (tertiary/aromatic N) is 1. The van der Waals surface area contributed by atoms with Gasteiger partial charge in [0.05, 0.1) is 18.4 Å². The van der Waals surface area contributed by atoms with Crippen molar-refractivity contribution < 1.29 is 19.1 Å². The number of imide groups is 1. The molecule has 0 unspecified atom stereocenters. The number of benzene rings is 4. The summed E-state index contributed by atoms with van der Waals surface area (Å²) in [5.41, 5.74) is 4.19. The van der Waals surface area contributed by atoms with Crippen LogP contribution in [0.4, 0.5) is 5.69 Å². The van der Waals surface area contributed by atoms with Crippen LogP contribution in [0, 0.1) is 11.8 Å². The Morgan fingerprint density at radius 2 is 1.23 bits per heavy atom. The van der Waals surface area contributed by atoms with Gasteiger partial charge in [0.15, 0.2) is 0 Å². The minimum absolute atomic E-state index is 0.130. The molecule has 0 spiro atoms. The highest BCUT2D eigenvalue weighted by molar-refractivity contribution is 6.36. The fourth-order valence-electron chi connectivity index (χ4n) is 7.16. The second-order valence-corrected chi connectivity index (χ2v) is 12.4. The second-order valence-electron chi connectivity index (χ2n) is 11.2. The monoisotopic (exact) mass is 610 g/mol. The lowest BCUT2D eigenvalue weighted by Gasteiger charge is -2.54. The number of hydrogen-bond acceptors (Lipinski definition) is 4. The molecule has 0 aromatic heterocycles. The van der Waals surface area contributed by atoms with Crippen LogP contribution in [-0.4, -0.2) is 35.3 Å². The summed E-state index contributed by atoms with van der Waals surface area (Å²) in [5, 5.41) is 2.92. The van der Waals surface area contributed by atoms with E-state index in [0.29, 0.717) is 40.3 Å². The zero-order valence-electron chi connectivity index (χ0n) is 23.3. The van der Waals surface area contributed by atoms with E-state index in [9.17, 15) is 14.4 Å². The number of amides is 3. The van der Waals surface area contributed by atoms with Crippen LogP contribution in [0.3, 0.4) is 0 Å². The number of ether oxygens (including phenoxy) is 1. The van der Waals surface area contributed by atoms with Gasteiger partial charge in [-0.1, -0.05) is 78.9 Å². The maximum atomic E-state index is 14.6. The third-order valence-electron chi connectivity index (χ3n) is 8.94. The Kier molecular flexibility index (Phi) is 6.60. The van der Waals surface area contributed by atoms with E-state index in [2.05, 4.69) is 5.32 Å². The lowest BCUT2D eigenvalue weighted by Crippen LogP contribution is -2.57. The Morgan fingerprint density at radius 3 is 1.70 bits per heavy atom. The SMILES string of the molecule is CCOc1ccc(NC(=O)[C@H](Cc2ccccc2)N2C(=O)[C@H]3[C@H](C2=O)C2(Cl)c4ccccc4C3(Cl)c3ccccc32)cc1. The molecule has 2 bridgehead atoms. The van der Waals surface area contributed by atoms with Gasteiger partial charge in [-0.25, -0.2) is 0 Å². The van der Waals surface area contributed by atoms with Gasteiger partial charge in [0.2, 0.25) is 17.7 Å². The van der Waals surface area contributed by atoms with Crippen LogP contribution in [0.25, 0.3) is 0 Å². The van der Waals surface area contributed by atoms with Crippen molar-refractivity contribution in [1.29, 1.82) is 0 Å². The second kappa shape index (κ2) is 10.2. The Balaban J connectivity index is 1.32. The van der Waals surface area contributed by atoms with Gasteiger partial charge < -0.3 is 10.1 Å². The van der Waals surface area contributed by atoms with Crippen LogP contribution in [0.15, 0.2) is 103 Å². The van der Waals surface area contributed by atoms with Crippen LogP contribution in [0.1, 0.15) is 34.7 Å². The third kappa shape index (κ3) is 3.96. The predicted octanol–water partition coefficient (Wildman–Crippen LogP) is 6.23. The van der Waals surface area contributed by atoms with Crippen LogP contribution < -0.4 is 10.1 Å². The van der Waals surface area contributed by atoms with Crippen molar-refractivity contribution in [2.45, 2.75) is 29.1 Å². The van der Waals surface area contributed by atoms with E-state index in [1.54, 1.807) is 24.3 Å². The van der Waals surface area contributed by atoms with Gasteiger partial charge in [-0.05, 0) is 59.0 Å². The van der Waals surface area contributed by atoms with E-state index in [4.69, 9.17) is 27.9 Å². The molecule has 0 saturated carbocycles. The Hall–Kier alpha value is -4.13. The molecule has 4 aromatic carbocycles. The molecule has 3 amide bonds. The highest BCUT2D eigenvalue weighted by atomic mass is 35.5. The maximum Gasteiger partial charge on any atom is 0.248 e. The number of alkyl halides is 2. The summed E-state index contributed by atoms with van der Waals surface area (Å²) in [6, 6.07) is 30.2. The summed E-state index contributed by atoms with van der Waals surface area (Å²) in [5.74, 6) is -2.78. The molecule has 8 heteroatoms. The first-order valence-electron chi connectivity index (χ1n) is 14.3. The Labute approximate surface area is 259 Å². The molecular formula is C35H28Cl2N2O4. The topological polar surface area (TPSA) is 75.7 Å². The van der Waals surface area contributed by atoms with Crippen LogP contribution in [0.5, 0.6) is 5.75 Å². The fraction of sp³-hybridized carbons (Fsp3) is 0.229. The van der Waals surface area contributed by atoms with Crippen molar-refractivity contribution in [3.05, 3.63) is 131 Å². The number of halogens is 2. The number of anilines is 1. The zero-order chi connectivity index (χ0) is 29.9. The van der Waals surface area contributed by atoms with Crippen LogP contribution in [0.2, 0.25) is 0 Å². The molecule has 216 valence electrons. The van der Waals surface area contributed by atoms with Crippen molar-refractivity contribution in [3.8, 4) is 5.75 Å². The summed E-state index contributed by atoms with van der Waals surface area (Å²) < 4.78 is 5.52. The molecule has 1 saturated heterocycles. The molecule has 8 rings (SSSR count). The Morgan fingerprint density at radius 1 is 0.767 bits per heavy atom. The van der Waals surface area contributed by atoms with Crippen LogP contribution in [-0.2, 0) is 30.6 Å². The number of nitrogens with one attached hydrogen (secondary N) is 1. The van der Waals surface area contributed by atoms with Gasteiger partial charge in [-0.2, -0.15) is 0 Å². The highest BCUT2D eigenvalue weighted by Crippen LogP contribution is 2.69. The Bertz CT molecular complexity index is 1640. The van der Waals surface area contributed by atoms with E-state index in [0.717, 1.165) is 10.5 Å². The van der Waals surface area contributed by atoms with Gasteiger partial charge >= 0.3 is 0 Å². The minimum Gasteiger partial charge on any atom is -0.494 e. The number of carbonyl (C=O) groups excluding carboxylic acids is 3. The van der Waals surface area contributed by atoms with Gasteiger partial charge in [-0.3, -0.25) is 19.3 Å². The molecule has 43 heavy (non-hydrogen) atoms. The van der Waals surface area contributed by atoms with Crippen LogP contribution >= 0.6 is 23.2 Å².